The third-order valence-electron chi connectivity index (χ3n) is 7.17. The fraction of sp³-hybridized carbons (Fsp3) is 0.310. The van der Waals surface area contributed by atoms with Gasteiger partial charge in [0.25, 0.3) is 5.56 Å². The summed E-state index contributed by atoms with van der Waals surface area (Å²) in [5, 5.41) is 0.202. The number of fused-ring (bicyclic) bond motifs is 1. The van der Waals surface area contributed by atoms with Crippen LogP contribution in [0.25, 0.3) is 10.9 Å². The number of H-pyrrole nitrogens is 1. The van der Waals surface area contributed by atoms with E-state index < -0.39 is 11.7 Å². The van der Waals surface area contributed by atoms with Crippen molar-refractivity contribution in [2.24, 2.45) is 0 Å². The molecule has 3 aromatic carbocycles. The lowest BCUT2D eigenvalue weighted by Crippen LogP contribution is -2.48. The standard InChI is InChI=1S/C29H29F3N4OS/c30-29(31,32)23-12-13-24-25(20-23)33-28(38)36(27(24)37)15-7-14-34-16-18-35(19-17-34)26(21-8-3-1-4-9-21)22-10-5-2-6-11-22/h1-6,8-13,20,26H,7,14-19H2,(H,33,38). The Morgan fingerprint density at radius 2 is 1.45 bits per heavy atom. The Hall–Kier alpha value is -3.27. The second kappa shape index (κ2) is 11.2. The molecule has 0 spiro atoms. The van der Waals surface area contributed by atoms with Gasteiger partial charge in [-0.1, -0.05) is 60.7 Å². The van der Waals surface area contributed by atoms with Crippen molar-refractivity contribution in [3.05, 3.63) is 111 Å². The second-order valence-corrected chi connectivity index (χ2v) is 9.99. The number of piperazine rings is 1. The van der Waals surface area contributed by atoms with Crippen LogP contribution in [0.2, 0.25) is 0 Å². The Morgan fingerprint density at radius 1 is 0.842 bits per heavy atom. The highest BCUT2D eigenvalue weighted by atomic mass is 32.1. The molecule has 9 heteroatoms. The first-order valence-corrected chi connectivity index (χ1v) is 13.1. The van der Waals surface area contributed by atoms with Gasteiger partial charge in [-0.25, -0.2) is 0 Å². The molecule has 0 unspecified atom stereocenters. The van der Waals surface area contributed by atoms with Gasteiger partial charge in [-0.15, -0.1) is 0 Å². The number of alkyl halides is 3. The van der Waals surface area contributed by atoms with Gasteiger partial charge in [0, 0.05) is 32.7 Å². The third kappa shape index (κ3) is 5.75. The highest BCUT2D eigenvalue weighted by molar-refractivity contribution is 7.71. The van der Waals surface area contributed by atoms with E-state index in [4.69, 9.17) is 12.2 Å². The van der Waals surface area contributed by atoms with E-state index in [1.807, 2.05) is 12.1 Å². The Labute approximate surface area is 224 Å². The van der Waals surface area contributed by atoms with Gasteiger partial charge in [0.2, 0.25) is 0 Å². The summed E-state index contributed by atoms with van der Waals surface area (Å²) in [4.78, 5) is 20.7. The van der Waals surface area contributed by atoms with Crippen LogP contribution >= 0.6 is 12.2 Å². The molecule has 1 aliphatic heterocycles. The zero-order valence-corrected chi connectivity index (χ0v) is 21.6. The van der Waals surface area contributed by atoms with Gasteiger partial charge in [0.05, 0.1) is 22.5 Å². The summed E-state index contributed by atoms with van der Waals surface area (Å²) in [5.41, 5.74) is 1.48. The zero-order chi connectivity index (χ0) is 26.7. The quantitative estimate of drug-likeness (QED) is 0.299. The molecule has 0 saturated carbocycles. The van der Waals surface area contributed by atoms with Crippen molar-refractivity contribution in [1.29, 1.82) is 0 Å². The van der Waals surface area contributed by atoms with Crippen LogP contribution in [0, 0.1) is 4.77 Å². The SMILES string of the molecule is O=c1c2ccc(C(F)(F)F)cc2[nH]c(=S)n1CCCN1CCN(C(c2ccccc2)c2ccccc2)CC1. The molecule has 1 saturated heterocycles. The molecular formula is C29H29F3N4OS. The molecule has 0 bridgehead atoms. The topological polar surface area (TPSA) is 44.3 Å². The first-order valence-electron chi connectivity index (χ1n) is 12.7. The van der Waals surface area contributed by atoms with Crippen LogP contribution in [-0.4, -0.2) is 52.1 Å². The lowest BCUT2D eigenvalue weighted by molar-refractivity contribution is -0.137. The second-order valence-electron chi connectivity index (χ2n) is 9.60. The molecule has 0 amide bonds. The van der Waals surface area contributed by atoms with Crippen LogP contribution < -0.4 is 5.56 Å². The molecule has 0 atom stereocenters. The molecular weight excluding hydrogens is 509 g/mol. The Morgan fingerprint density at radius 3 is 2.03 bits per heavy atom. The average Bonchev–Trinajstić information content (AvgIpc) is 2.92. The molecule has 1 fully saturated rings. The number of benzene rings is 3. The molecule has 0 aliphatic carbocycles. The summed E-state index contributed by atoms with van der Waals surface area (Å²) in [5.74, 6) is 0. The lowest BCUT2D eigenvalue weighted by atomic mass is 9.96. The molecule has 38 heavy (non-hydrogen) atoms. The first kappa shape index (κ1) is 26.3. The van der Waals surface area contributed by atoms with Crippen LogP contribution in [0.3, 0.4) is 0 Å². The normalized spacial score (nSPS) is 15.4. The number of hydrogen-bond acceptors (Lipinski definition) is 4. The van der Waals surface area contributed by atoms with E-state index in [1.165, 1.54) is 21.8 Å². The monoisotopic (exact) mass is 538 g/mol. The molecule has 5 nitrogen and oxygen atoms in total. The summed E-state index contributed by atoms with van der Waals surface area (Å²) in [6, 6.07) is 24.4. The molecule has 1 N–H and O–H groups in total. The van der Waals surface area contributed by atoms with Crippen LogP contribution in [0.15, 0.2) is 83.7 Å². The van der Waals surface area contributed by atoms with Crippen molar-refractivity contribution >= 4 is 23.1 Å². The van der Waals surface area contributed by atoms with Crippen molar-refractivity contribution < 1.29 is 13.2 Å². The fourth-order valence-corrected chi connectivity index (χ4v) is 5.50. The molecule has 2 heterocycles. The van der Waals surface area contributed by atoms with Crippen molar-refractivity contribution in [1.82, 2.24) is 19.4 Å². The van der Waals surface area contributed by atoms with Crippen LogP contribution in [0.1, 0.15) is 29.2 Å². The van der Waals surface area contributed by atoms with E-state index >= 15 is 0 Å². The predicted octanol–water partition coefficient (Wildman–Crippen LogP) is 5.88. The predicted molar refractivity (Wildman–Crippen MR) is 146 cm³/mol. The maximum Gasteiger partial charge on any atom is 0.416 e. The smallest absolute Gasteiger partial charge is 0.332 e. The molecule has 5 rings (SSSR count). The van der Waals surface area contributed by atoms with Gasteiger partial charge in [-0.05, 0) is 54.5 Å². The maximum atomic E-state index is 13.0. The number of aromatic nitrogens is 2. The highest BCUT2D eigenvalue weighted by Crippen LogP contribution is 2.31. The van der Waals surface area contributed by atoms with Crippen LogP contribution in [0.4, 0.5) is 13.2 Å². The van der Waals surface area contributed by atoms with Gasteiger partial charge in [0.15, 0.2) is 4.77 Å². The maximum absolute atomic E-state index is 13.0. The van der Waals surface area contributed by atoms with Crippen molar-refractivity contribution in [2.75, 3.05) is 32.7 Å². The number of nitrogens with zero attached hydrogens (tertiary/aromatic N) is 3. The lowest BCUT2D eigenvalue weighted by Gasteiger charge is -2.39. The summed E-state index contributed by atoms with van der Waals surface area (Å²) in [6.45, 7) is 4.88. The van der Waals surface area contributed by atoms with Crippen molar-refractivity contribution in [2.45, 2.75) is 25.2 Å². The number of rotatable bonds is 7. The Balaban J connectivity index is 1.22. The van der Waals surface area contributed by atoms with E-state index in [0.717, 1.165) is 44.9 Å². The summed E-state index contributed by atoms with van der Waals surface area (Å²) < 4.78 is 40.7. The zero-order valence-electron chi connectivity index (χ0n) is 20.8. The summed E-state index contributed by atoms with van der Waals surface area (Å²) >= 11 is 5.32. The molecule has 1 aromatic heterocycles. The molecule has 1 aliphatic rings. The Bertz CT molecular complexity index is 1450. The van der Waals surface area contributed by atoms with Crippen LogP contribution in [-0.2, 0) is 12.7 Å². The van der Waals surface area contributed by atoms with Gasteiger partial charge in [-0.2, -0.15) is 13.2 Å². The fourth-order valence-electron chi connectivity index (χ4n) is 5.22. The molecule has 198 valence electrons. The van der Waals surface area contributed by atoms with Crippen LogP contribution in [0.5, 0.6) is 0 Å². The van der Waals surface area contributed by atoms with Crippen molar-refractivity contribution in [3.63, 3.8) is 0 Å². The number of hydrogen-bond donors (Lipinski definition) is 1. The largest absolute Gasteiger partial charge is 0.416 e. The van der Waals surface area contributed by atoms with E-state index in [0.29, 0.717) is 13.0 Å². The first-order chi connectivity index (χ1) is 18.3. The van der Waals surface area contributed by atoms with Gasteiger partial charge >= 0.3 is 6.18 Å². The van der Waals surface area contributed by atoms with Gasteiger partial charge in [0.1, 0.15) is 0 Å². The van der Waals surface area contributed by atoms with Gasteiger partial charge < -0.3 is 9.88 Å². The van der Waals surface area contributed by atoms with E-state index in [2.05, 4.69) is 63.3 Å². The third-order valence-corrected chi connectivity index (χ3v) is 7.49. The molecule has 4 aromatic rings. The highest BCUT2D eigenvalue weighted by Gasteiger charge is 2.31. The van der Waals surface area contributed by atoms with Crippen molar-refractivity contribution in [3.8, 4) is 0 Å². The molecule has 0 radical (unpaired) electrons. The minimum absolute atomic E-state index is 0.105. The minimum atomic E-state index is -4.48. The number of aromatic amines is 1. The number of halogens is 3. The minimum Gasteiger partial charge on any atom is -0.332 e. The average molecular weight is 539 g/mol. The summed E-state index contributed by atoms with van der Waals surface area (Å²) in [6.07, 6.45) is -3.77. The number of nitrogens with one attached hydrogen (secondary N) is 1. The van der Waals surface area contributed by atoms with E-state index in [-0.39, 0.29) is 27.3 Å². The summed E-state index contributed by atoms with van der Waals surface area (Å²) in [7, 11) is 0. The van der Waals surface area contributed by atoms with Gasteiger partial charge in [-0.3, -0.25) is 14.3 Å². The van der Waals surface area contributed by atoms with E-state index in [1.54, 1.807) is 0 Å². The van der Waals surface area contributed by atoms with E-state index in [9.17, 15) is 18.0 Å². The Kier molecular flexibility index (Phi) is 7.78.